The van der Waals surface area contributed by atoms with Gasteiger partial charge in [-0.3, -0.25) is 4.98 Å². The number of rotatable bonds is 5. The van der Waals surface area contributed by atoms with Crippen molar-refractivity contribution < 1.29 is 14.3 Å². The summed E-state index contributed by atoms with van der Waals surface area (Å²) < 4.78 is 6.33. The first kappa shape index (κ1) is 21.9. The summed E-state index contributed by atoms with van der Waals surface area (Å²) in [5.41, 5.74) is 5.11. The first-order chi connectivity index (χ1) is 16.4. The van der Waals surface area contributed by atoms with Crippen LogP contribution in [0.5, 0.6) is 0 Å². The monoisotopic (exact) mass is 469 g/mol. The number of aromatic nitrogens is 1. The number of hydrogen-bond donors (Lipinski definition) is 2. The van der Waals surface area contributed by atoms with Gasteiger partial charge in [0, 0.05) is 17.4 Å². The van der Waals surface area contributed by atoms with Crippen LogP contribution in [0.15, 0.2) is 83.4 Å². The van der Waals surface area contributed by atoms with Crippen molar-refractivity contribution in [1.82, 2.24) is 10.3 Å². The average molecular weight is 470 g/mol. The molecule has 1 saturated heterocycles. The van der Waals surface area contributed by atoms with Crippen molar-refractivity contribution in [3.63, 3.8) is 0 Å². The van der Waals surface area contributed by atoms with Gasteiger partial charge < -0.3 is 19.7 Å². The number of thiocarbonyl (C=S) groups is 1. The summed E-state index contributed by atoms with van der Waals surface area (Å²) in [5.74, 6) is 0.322. The van der Waals surface area contributed by atoms with Crippen molar-refractivity contribution >= 4 is 29.0 Å². The highest BCUT2D eigenvalue weighted by molar-refractivity contribution is 7.80. The molecular weight excluding hydrogens is 446 g/mol. The summed E-state index contributed by atoms with van der Waals surface area (Å²) in [6.07, 6.45) is 1.76. The lowest BCUT2D eigenvalue weighted by atomic mass is 10.0. The number of furan rings is 1. The number of pyridine rings is 1. The van der Waals surface area contributed by atoms with Crippen molar-refractivity contribution in [3.05, 3.63) is 107 Å². The summed E-state index contributed by atoms with van der Waals surface area (Å²) in [7, 11) is 0. The molecular formula is C27H23N3O3S. The van der Waals surface area contributed by atoms with E-state index in [1.165, 1.54) is 11.1 Å². The van der Waals surface area contributed by atoms with E-state index in [2.05, 4.69) is 47.2 Å². The molecule has 0 saturated carbocycles. The van der Waals surface area contributed by atoms with Gasteiger partial charge in [-0.15, -0.1) is 0 Å². The summed E-state index contributed by atoms with van der Waals surface area (Å²) in [5, 5.41) is 13.4. The predicted octanol–water partition coefficient (Wildman–Crippen LogP) is 5.83. The van der Waals surface area contributed by atoms with E-state index in [1.54, 1.807) is 24.4 Å². The Morgan fingerprint density at radius 3 is 2.62 bits per heavy atom. The van der Waals surface area contributed by atoms with Crippen LogP contribution in [0.4, 0.5) is 5.69 Å². The molecule has 0 unspecified atom stereocenters. The van der Waals surface area contributed by atoms with Crippen molar-refractivity contribution in [3.8, 4) is 11.3 Å². The van der Waals surface area contributed by atoms with Crippen molar-refractivity contribution in [1.29, 1.82) is 0 Å². The number of aromatic carboxylic acids is 1. The molecule has 170 valence electrons. The molecule has 4 aromatic rings. The Hall–Kier alpha value is -3.97. The van der Waals surface area contributed by atoms with Gasteiger partial charge in [-0.25, -0.2) is 4.79 Å². The van der Waals surface area contributed by atoms with Crippen molar-refractivity contribution in [2.24, 2.45) is 0 Å². The number of carboxylic acids is 1. The molecule has 2 aromatic carbocycles. The minimum absolute atomic E-state index is 0.210. The van der Waals surface area contributed by atoms with Gasteiger partial charge in [-0.1, -0.05) is 24.3 Å². The number of carbonyl (C=O) groups is 1. The molecule has 7 heteroatoms. The highest BCUT2D eigenvalue weighted by atomic mass is 32.1. The third-order valence-electron chi connectivity index (χ3n) is 6.18. The molecule has 34 heavy (non-hydrogen) atoms. The zero-order chi connectivity index (χ0) is 23.8. The van der Waals surface area contributed by atoms with Gasteiger partial charge in [0.1, 0.15) is 17.6 Å². The van der Waals surface area contributed by atoms with E-state index >= 15 is 0 Å². The van der Waals surface area contributed by atoms with Gasteiger partial charge in [0.2, 0.25) is 0 Å². The summed E-state index contributed by atoms with van der Waals surface area (Å²) in [4.78, 5) is 18.1. The molecule has 5 rings (SSSR count). The van der Waals surface area contributed by atoms with Crippen LogP contribution in [0.2, 0.25) is 0 Å². The molecule has 1 aliphatic heterocycles. The van der Waals surface area contributed by atoms with Crippen LogP contribution >= 0.6 is 12.2 Å². The van der Waals surface area contributed by atoms with Gasteiger partial charge in [-0.2, -0.15) is 0 Å². The van der Waals surface area contributed by atoms with E-state index < -0.39 is 5.97 Å². The summed E-state index contributed by atoms with van der Waals surface area (Å²) >= 11 is 5.78. The molecule has 2 atom stereocenters. The van der Waals surface area contributed by atoms with E-state index in [0.29, 0.717) is 22.2 Å². The van der Waals surface area contributed by atoms with Gasteiger partial charge in [0.25, 0.3) is 0 Å². The van der Waals surface area contributed by atoms with Crippen molar-refractivity contribution in [2.45, 2.75) is 25.9 Å². The Kier molecular flexibility index (Phi) is 5.63. The van der Waals surface area contributed by atoms with E-state index in [0.717, 1.165) is 11.4 Å². The first-order valence-corrected chi connectivity index (χ1v) is 11.3. The summed E-state index contributed by atoms with van der Waals surface area (Å²) in [6.45, 7) is 4.16. The molecule has 6 nitrogen and oxygen atoms in total. The number of nitrogens with zero attached hydrogens (tertiary/aromatic N) is 2. The predicted molar refractivity (Wildman–Crippen MR) is 135 cm³/mol. The van der Waals surface area contributed by atoms with Crippen LogP contribution in [0.25, 0.3) is 11.3 Å². The topological polar surface area (TPSA) is 78.6 Å². The van der Waals surface area contributed by atoms with E-state index in [-0.39, 0.29) is 17.6 Å². The van der Waals surface area contributed by atoms with Crippen LogP contribution in [0.3, 0.4) is 0 Å². The molecule has 0 aliphatic carbocycles. The number of nitrogens with one attached hydrogen (secondary N) is 1. The van der Waals surface area contributed by atoms with E-state index in [9.17, 15) is 9.90 Å². The second-order valence-corrected chi connectivity index (χ2v) is 8.74. The SMILES string of the molecule is Cc1ccc(N2C(=S)N[C@H](c3ccccn3)[C@@H]2c2ccc(-c3cccc(C(=O)O)c3)o2)cc1C. The minimum Gasteiger partial charge on any atom is -0.478 e. The fourth-order valence-electron chi connectivity index (χ4n) is 4.27. The number of benzene rings is 2. The summed E-state index contributed by atoms with van der Waals surface area (Å²) in [6, 6.07) is 22.1. The Labute approximate surface area is 202 Å². The van der Waals surface area contributed by atoms with Crippen molar-refractivity contribution in [2.75, 3.05) is 4.90 Å². The fourth-order valence-corrected chi connectivity index (χ4v) is 4.62. The van der Waals surface area contributed by atoms with Gasteiger partial charge in [-0.05, 0) is 85.7 Å². The standard InChI is InChI=1S/C27H23N3O3S/c1-16-9-10-20(14-17(16)2)30-25(24(29-27(30)34)21-8-3-4-13-28-21)23-12-11-22(33-23)18-6-5-7-19(15-18)26(31)32/h3-15,24-25H,1-2H3,(H,29,34)(H,31,32)/t24-,25+/m1/s1. The quantitative estimate of drug-likeness (QED) is 0.356. The maximum Gasteiger partial charge on any atom is 0.335 e. The highest BCUT2D eigenvalue weighted by Gasteiger charge is 2.42. The number of carboxylic acid groups (broad SMARTS) is 1. The van der Waals surface area contributed by atoms with Crippen LogP contribution in [-0.2, 0) is 0 Å². The molecule has 1 fully saturated rings. The molecule has 0 amide bonds. The molecule has 3 heterocycles. The maximum absolute atomic E-state index is 11.4. The maximum atomic E-state index is 11.4. The normalized spacial score (nSPS) is 17.6. The third-order valence-corrected chi connectivity index (χ3v) is 6.49. The number of anilines is 1. The molecule has 0 bridgehead atoms. The van der Waals surface area contributed by atoms with Crippen LogP contribution in [-0.4, -0.2) is 21.2 Å². The Morgan fingerprint density at radius 1 is 1.03 bits per heavy atom. The Balaban J connectivity index is 1.60. The lowest BCUT2D eigenvalue weighted by Gasteiger charge is -2.26. The zero-order valence-electron chi connectivity index (χ0n) is 18.7. The lowest BCUT2D eigenvalue weighted by molar-refractivity contribution is 0.0697. The van der Waals surface area contributed by atoms with Gasteiger partial charge in [0.05, 0.1) is 17.3 Å². The van der Waals surface area contributed by atoms with Gasteiger partial charge in [0.15, 0.2) is 5.11 Å². The Bertz CT molecular complexity index is 1380. The highest BCUT2D eigenvalue weighted by Crippen LogP contribution is 2.43. The van der Waals surface area contributed by atoms with Crippen LogP contribution < -0.4 is 10.2 Å². The smallest absolute Gasteiger partial charge is 0.335 e. The molecule has 2 aromatic heterocycles. The average Bonchev–Trinajstić information content (AvgIpc) is 3.46. The molecule has 0 radical (unpaired) electrons. The second-order valence-electron chi connectivity index (χ2n) is 8.35. The zero-order valence-corrected chi connectivity index (χ0v) is 19.5. The molecule has 2 N–H and O–H groups in total. The van der Waals surface area contributed by atoms with E-state index in [4.69, 9.17) is 16.6 Å². The minimum atomic E-state index is -0.977. The first-order valence-electron chi connectivity index (χ1n) is 10.9. The van der Waals surface area contributed by atoms with Gasteiger partial charge >= 0.3 is 5.97 Å². The fraction of sp³-hybridized carbons (Fsp3) is 0.148. The second kappa shape index (κ2) is 8.76. The lowest BCUT2D eigenvalue weighted by Crippen LogP contribution is -2.29. The van der Waals surface area contributed by atoms with Crippen LogP contribution in [0, 0.1) is 13.8 Å². The third kappa shape index (κ3) is 3.95. The molecule has 0 spiro atoms. The molecule has 1 aliphatic rings. The Morgan fingerprint density at radius 2 is 1.88 bits per heavy atom. The number of aryl methyl sites for hydroxylation is 2. The van der Waals surface area contributed by atoms with Crippen LogP contribution in [0.1, 0.15) is 45.0 Å². The van der Waals surface area contributed by atoms with E-state index in [1.807, 2.05) is 36.4 Å². The number of hydrogen-bond acceptors (Lipinski definition) is 4. The largest absolute Gasteiger partial charge is 0.478 e.